The Balaban J connectivity index is 2.39. The maximum atomic E-state index is 11.4. The quantitative estimate of drug-likeness (QED) is 0.595. The van der Waals surface area contributed by atoms with Gasteiger partial charge in [0, 0.05) is 19.0 Å². The average molecular weight is 155 g/mol. The van der Waals surface area contributed by atoms with Gasteiger partial charge in [0.2, 0.25) is 5.91 Å². The molecule has 0 N–H and O–H groups in total. The van der Waals surface area contributed by atoms with Crippen LogP contribution in [0.1, 0.15) is 39.5 Å². The van der Waals surface area contributed by atoms with Crippen molar-refractivity contribution < 1.29 is 4.79 Å². The number of hydrogen-bond acceptors (Lipinski definition) is 1. The number of likely N-dealkylation sites (tertiary alicyclic amines) is 1. The smallest absolute Gasteiger partial charge is 0.222 e. The van der Waals surface area contributed by atoms with Crippen molar-refractivity contribution >= 4 is 5.91 Å². The standard InChI is InChI=1S/C9H17NO/c1-3-5-9(11)10-7-4-6-8(10)2/h8H,3-7H2,1-2H3. The molecule has 0 radical (unpaired) electrons. The van der Waals surface area contributed by atoms with Crippen molar-refractivity contribution in [3.8, 4) is 0 Å². The summed E-state index contributed by atoms with van der Waals surface area (Å²) in [6.07, 6.45) is 4.08. The van der Waals surface area contributed by atoms with Crippen LogP contribution < -0.4 is 0 Å². The third-order valence-electron chi connectivity index (χ3n) is 2.34. The van der Waals surface area contributed by atoms with Crippen LogP contribution in [0, 0.1) is 0 Å². The van der Waals surface area contributed by atoms with E-state index in [2.05, 4.69) is 13.8 Å². The largest absolute Gasteiger partial charge is 0.340 e. The van der Waals surface area contributed by atoms with Gasteiger partial charge in [-0.3, -0.25) is 4.79 Å². The van der Waals surface area contributed by atoms with Crippen LogP contribution in [0.4, 0.5) is 0 Å². The highest BCUT2D eigenvalue weighted by molar-refractivity contribution is 5.76. The fourth-order valence-corrected chi connectivity index (χ4v) is 1.66. The highest BCUT2D eigenvalue weighted by Crippen LogP contribution is 2.17. The van der Waals surface area contributed by atoms with Crippen LogP contribution in [0.2, 0.25) is 0 Å². The second-order valence-corrected chi connectivity index (χ2v) is 3.33. The molecule has 64 valence electrons. The number of carbonyl (C=O) groups excluding carboxylic acids is 1. The van der Waals surface area contributed by atoms with E-state index in [1.54, 1.807) is 0 Å². The SMILES string of the molecule is CCCC(=O)N1CCCC1C. The first-order valence-corrected chi connectivity index (χ1v) is 4.55. The molecule has 0 aromatic heterocycles. The summed E-state index contributed by atoms with van der Waals surface area (Å²) in [5, 5.41) is 0. The second-order valence-electron chi connectivity index (χ2n) is 3.33. The summed E-state index contributed by atoms with van der Waals surface area (Å²) in [6, 6.07) is 0.494. The van der Waals surface area contributed by atoms with E-state index in [9.17, 15) is 4.79 Å². The van der Waals surface area contributed by atoms with Gasteiger partial charge in [0.15, 0.2) is 0 Å². The summed E-state index contributed by atoms with van der Waals surface area (Å²) in [7, 11) is 0. The normalized spacial score (nSPS) is 24.2. The van der Waals surface area contributed by atoms with Gasteiger partial charge in [0.05, 0.1) is 0 Å². The average Bonchev–Trinajstić information content (AvgIpc) is 2.36. The second kappa shape index (κ2) is 3.74. The molecule has 2 heteroatoms. The molecule has 0 spiro atoms. The van der Waals surface area contributed by atoms with Crippen molar-refractivity contribution in [2.75, 3.05) is 6.54 Å². The van der Waals surface area contributed by atoms with E-state index < -0.39 is 0 Å². The Labute approximate surface area is 68.6 Å². The van der Waals surface area contributed by atoms with E-state index in [0.29, 0.717) is 11.9 Å². The summed E-state index contributed by atoms with van der Waals surface area (Å²) in [5.74, 6) is 0.345. The fourth-order valence-electron chi connectivity index (χ4n) is 1.66. The molecule has 0 aliphatic carbocycles. The molecule has 1 amide bonds. The Bertz CT molecular complexity index is 144. The number of amides is 1. The van der Waals surface area contributed by atoms with Gasteiger partial charge in [-0.05, 0) is 26.2 Å². The van der Waals surface area contributed by atoms with Crippen molar-refractivity contribution in [2.45, 2.75) is 45.6 Å². The zero-order chi connectivity index (χ0) is 8.27. The lowest BCUT2D eigenvalue weighted by atomic mass is 10.2. The Morgan fingerprint density at radius 3 is 2.82 bits per heavy atom. The topological polar surface area (TPSA) is 20.3 Å². The third kappa shape index (κ3) is 1.95. The number of nitrogens with zero attached hydrogens (tertiary/aromatic N) is 1. The molecule has 1 aliphatic rings. The minimum absolute atomic E-state index is 0.345. The van der Waals surface area contributed by atoms with Gasteiger partial charge in [0.1, 0.15) is 0 Å². The van der Waals surface area contributed by atoms with Crippen LogP contribution in [0.3, 0.4) is 0 Å². The molecule has 2 nitrogen and oxygen atoms in total. The molecule has 1 unspecified atom stereocenters. The number of carbonyl (C=O) groups is 1. The molecule has 0 bridgehead atoms. The van der Waals surface area contributed by atoms with Crippen LogP contribution in [0.25, 0.3) is 0 Å². The zero-order valence-electron chi connectivity index (χ0n) is 7.47. The predicted molar refractivity (Wildman–Crippen MR) is 45.3 cm³/mol. The van der Waals surface area contributed by atoms with E-state index in [0.717, 1.165) is 19.4 Å². The van der Waals surface area contributed by atoms with E-state index >= 15 is 0 Å². The minimum atomic E-state index is 0.345. The Hall–Kier alpha value is -0.530. The van der Waals surface area contributed by atoms with Crippen LogP contribution in [0.5, 0.6) is 0 Å². The van der Waals surface area contributed by atoms with Crippen molar-refractivity contribution in [1.29, 1.82) is 0 Å². The summed E-state index contributed by atoms with van der Waals surface area (Å²) < 4.78 is 0. The van der Waals surface area contributed by atoms with Gasteiger partial charge in [-0.2, -0.15) is 0 Å². The maximum absolute atomic E-state index is 11.4. The maximum Gasteiger partial charge on any atom is 0.222 e. The van der Waals surface area contributed by atoms with Crippen LogP contribution >= 0.6 is 0 Å². The van der Waals surface area contributed by atoms with Crippen molar-refractivity contribution in [1.82, 2.24) is 4.90 Å². The molecule has 1 aliphatic heterocycles. The van der Waals surface area contributed by atoms with Crippen molar-refractivity contribution in [3.63, 3.8) is 0 Å². The van der Waals surface area contributed by atoms with Crippen molar-refractivity contribution in [3.05, 3.63) is 0 Å². The van der Waals surface area contributed by atoms with Gasteiger partial charge in [-0.25, -0.2) is 0 Å². The molecule has 0 saturated carbocycles. The molecule has 1 fully saturated rings. The Morgan fingerprint density at radius 1 is 1.64 bits per heavy atom. The Morgan fingerprint density at radius 2 is 2.36 bits per heavy atom. The summed E-state index contributed by atoms with van der Waals surface area (Å²) >= 11 is 0. The third-order valence-corrected chi connectivity index (χ3v) is 2.34. The van der Waals surface area contributed by atoms with Crippen LogP contribution in [-0.2, 0) is 4.79 Å². The lowest BCUT2D eigenvalue weighted by Crippen LogP contribution is -2.33. The van der Waals surface area contributed by atoms with Gasteiger partial charge in [-0.15, -0.1) is 0 Å². The van der Waals surface area contributed by atoms with Crippen molar-refractivity contribution in [2.24, 2.45) is 0 Å². The highest BCUT2D eigenvalue weighted by Gasteiger charge is 2.23. The first kappa shape index (κ1) is 8.57. The van der Waals surface area contributed by atoms with E-state index in [1.165, 1.54) is 12.8 Å². The molecule has 1 atom stereocenters. The molecule has 1 heterocycles. The van der Waals surface area contributed by atoms with E-state index in [-0.39, 0.29) is 0 Å². The molecular weight excluding hydrogens is 138 g/mol. The lowest BCUT2D eigenvalue weighted by Gasteiger charge is -2.20. The molecule has 1 saturated heterocycles. The first-order chi connectivity index (χ1) is 5.25. The number of rotatable bonds is 2. The molecule has 1 rings (SSSR count). The first-order valence-electron chi connectivity index (χ1n) is 4.55. The summed E-state index contributed by atoms with van der Waals surface area (Å²) in [5.41, 5.74) is 0. The Kier molecular flexibility index (Phi) is 2.92. The van der Waals surface area contributed by atoms with E-state index in [1.807, 2.05) is 4.90 Å². The molecular formula is C9H17NO. The van der Waals surface area contributed by atoms with Crippen LogP contribution in [0.15, 0.2) is 0 Å². The summed E-state index contributed by atoms with van der Waals surface area (Å²) in [6.45, 7) is 5.18. The monoisotopic (exact) mass is 155 g/mol. The fraction of sp³-hybridized carbons (Fsp3) is 0.889. The molecule has 11 heavy (non-hydrogen) atoms. The van der Waals surface area contributed by atoms with Crippen LogP contribution in [-0.4, -0.2) is 23.4 Å². The predicted octanol–water partition coefficient (Wildman–Crippen LogP) is 1.80. The molecule has 0 aromatic carbocycles. The minimum Gasteiger partial charge on any atom is -0.340 e. The highest BCUT2D eigenvalue weighted by atomic mass is 16.2. The number of hydrogen-bond donors (Lipinski definition) is 0. The van der Waals surface area contributed by atoms with Gasteiger partial charge in [-0.1, -0.05) is 6.92 Å². The van der Waals surface area contributed by atoms with Gasteiger partial charge in [0.25, 0.3) is 0 Å². The van der Waals surface area contributed by atoms with Gasteiger partial charge < -0.3 is 4.90 Å². The molecule has 0 aromatic rings. The summed E-state index contributed by atoms with van der Waals surface area (Å²) in [4.78, 5) is 13.4. The van der Waals surface area contributed by atoms with E-state index in [4.69, 9.17) is 0 Å². The van der Waals surface area contributed by atoms with Gasteiger partial charge >= 0.3 is 0 Å². The zero-order valence-corrected chi connectivity index (χ0v) is 7.47. The lowest BCUT2D eigenvalue weighted by molar-refractivity contribution is -0.131.